The largest absolute Gasteiger partial charge is 0.492 e. The Hall–Kier alpha value is -3.31. The standard InChI is InChI=1S/C27H28ClN3O2/c1-17-9-11-21(12-10-17)27(32)29-20(4)26-30-23-7-5-6-8-24(23)31(26)13-14-33-22-15-18(2)25(28)19(3)16-22/h5-12,15-16,20H,13-14H2,1-4H3,(H,29,32). The summed E-state index contributed by atoms with van der Waals surface area (Å²) in [5.41, 5.74) is 5.64. The monoisotopic (exact) mass is 461 g/mol. The number of halogens is 1. The summed E-state index contributed by atoms with van der Waals surface area (Å²) in [5, 5.41) is 3.85. The van der Waals surface area contributed by atoms with Gasteiger partial charge in [-0.3, -0.25) is 4.79 Å². The minimum atomic E-state index is -0.272. The van der Waals surface area contributed by atoms with E-state index in [9.17, 15) is 4.79 Å². The average molecular weight is 462 g/mol. The van der Waals surface area contributed by atoms with Crippen LogP contribution in [0.15, 0.2) is 60.7 Å². The SMILES string of the molecule is Cc1ccc(C(=O)NC(C)c2nc3ccccc3n2CCOc2cc(C)c(Cl)c(C)c2)cc1. The van der Waals surface area contributed by atoms with Gasteiger partial charge in [0.05, 0.1) is 23.6 Å². The molecule has 5 nitrogen and oxygen atoms in total. The number of carbonyl (C=O) groups excluding carboxylic acids is 1. The van der Waals surface area contributed by atoms with Crippen LogP contribution < -0.4 is 10.1 Å². The minimum Gasteiger partial charge on any atom is -0.492 e. The number of hydrogen-bond donors (Lipinski definition) is 1. The van der Waals surface area contributed by atoms with Gasteiger partial charge in [-0.1, -0.05) is 41.4 Å². The number of rotatable bonds is 7. The van der Waals surface area contributed by atoms with E-state index in [1.807, 2.05) is 88.4 Å². The van der Waals surface area contributed by atoms with E-state index in [1.165, 1.54) is 0 Å². The molecule has 1 atom stereocenters. The fourth-order valence-electron chi connectivity index (χ4n) is 3.95. The van der Waals surface area contributed by atoms with E-state index >= 15 is 0 Å². The fraction of sp³-hybridized carbons (Fsp3) is 0.259. The van der Waals surface area contributed by atoms with Crippen molar-refractivity contribution in [2.75, 3.05) is 6.61 Å². The summed E-state index contributed by atoms with van der Waals surface area (Å²) in [7, 11) is 0. The van der Waals surface area contributed by atoms with Crippen LogP contribution in [0.5, 0.6) is 5.75 Å². The van der Waals surface area contributed by atoms with Gasteiger partial charge in [-0.15, -0.1) is 0 Å². The molecule has 6 heteroatoms. The first kappa shape index (κ1) is 22.9. The average Bonchev–Trinajstić information content (AvgIpc) is 3.16. The Balaban J connectivity index is 1.54. The van der Waals surface area contributed by atoms with Gasteiger partial charge >= 0.3 is 0 Å². The molecule has 1 N–H and O–H groups in total. The fourth-order valence-corrected chi connectivity index (χ4v) is 4.06. The summed E-state index contributed by atoms with van der Waals surface area (Å²) >= 11 is 6.28. The van der Waals surface area contributed by atoms with Gasteiger partial charge in [-0.25, -0.2) is 4.98 Å². The van der Waals surface area contributed by atoms with Crippen LogP contribution in [-0.2, 0) is 6.54 Å². The normalized spacial score (nSPS) is 12.0. The molecule has 1 amide bonds. The molecule has 170 valence electrons. The minimum absolute atomic E-state index is 0.121. The van der Waals surface area contributed by atoms with Gasteiger partial charge in [0.15, 0.2) is 0 Å². The number of carbonyl (C=O) groups is 1. The molecule has 0 spiro atoms. The second kappa shape index (κ2) is 9.67. The van der Waals surface area contributed by atoms with Crippen molar-refractivity contribution in [3.05, 3.63) is 93.8 Å². The molecule has 0 saturated carbocycles. The second-order valence-electron chi connectivity index (χ2n) is 8.39. The molecule has 33 heavy (non-hydrogen) atoms. The van der Waals surface area contributed by atoms with E-state index in [1.54, 1.807) is 0 Å². The van der Waals surface area contributed by atoms with E-state index in [0.717, 1.165) is 44.3 Å². The van der Waals surface area contributed by atoms with Crippen LogP contribution in [0.25, 0.3) is 11.0 Å². The Labute approximate surface area is 199 Å². The highest BCUT2D eigenvalue weighted by atomic mass is 35.5. The number of nitrogens with one attached hydrogen (secondary N) is 1. The highest BCUT2D eigenvalue weighted by Gasteiger charge is 2.19. The molecule has 1 heterocycles. The molecule has 4 rings (SSSR count). The van der Waals surface area contributed by atoms with E-state index < -0.39 is 0 Å². The summed E-state index contributed by atoms with van der Waals surface area (Å²) < 4.78 is 8.16. The Morgan fingerprint density at radius 1 is 1.06 bits per heavy atom. The van der Waals surface area contributed by atoms with Crippen molar-refractivity contribution < 1.29 is 9.53 Å². The van der Waals surface area contributed by atoms with Crippen LogP contribution in [0, 0.1) is 20.8 Å². The zero-order chi connectivity index (χ0) is 23.5. The molecule has 0 radical (unpaired) electrons. The topological polar surface area (TPSA) is 56.2 Å². The Morgan fingerprint density at radius 3 is 2.42 bits per heavy atom. The summed E-state index contributed by atoms with van der Waals surface area (Å²) in [4.78, 5) is 17.6. The molecule has 0 fully saturated rings. The molecular weight excluding hydrogens is 434 g/mol. The lowest BCUT2D eigenvalue weighted by Crippen LogP contribution is -2.29. The Kier molecular flexibility index (Phi) is 6.70. The smallest absolute Gasteiger partial charge is 0.251 e. The highest BCUT2D eigenvalue weighted by molar-refractivity contribution is 6.32. The quantitative estimate of drug-likeness (QED) is 0.357. The number of amides is 1. The van der Waals surface area contributed by atoms with Gasteiger partial charge < -0.3 is 14.6 Å². The van der Waals surface area contributed by atoms with Gasteiger partial charge in [-0.2, -0.15) is 0 Å². The predicted molar refractivity (Wildman–Crippen MR) is 133 cm³/mol. The van der Waals surface area contributed by atoms with Crippen molar-refractivity contribution in [3.63, 3.8) is 0 Å². The summed E-state index contributed by atoms with van der Waals surface area (Å²) in [6.07, 6.45) is 0. The van der Waals surface area contributed by atoms with Crippen molar-refractivity contribution >= 4 is 28.5 Å². The third-order valence-corrected chi connectivity index (χ3v) is 6.32. The van der Waals surface area contributed by atoms with E-state index in [4.69, 9.17) is 21.3 Å². The zero-order valence-corrected chi connectivity index (χ0v) is 20.1. The molecule has 0 aliphatic heterocycles. The molecule has 0 aliphatic rings. The van der Waals surface area contributed by atoms with Crippen molar-refractivity contribution in [2.45, 2.75) is 40.3 Å². The predicted octanol–water partition coefficient (Wildman–Crippen LogP) is 6.18. The van der Waals surface area contributed by atoms with Crippen LogP contribution in [-0.4, -0.2) is 22.1 Å². The molecule has 4 aromatic rings. The van der Waals surface area contributed by atoms with Crippen LogP contribution in [0.3, 0.4) is 0 Å². The third kappa shape index (κ3) is 5.04. The summed E-state index contributed by atoms with van der Waals surface area (Å²) in [6.45, 7) is 8.97. The molecule has 3 aromatic carbocycles. The van der Waals surface area contributed by atoms with Gasteiger partial charge in [0.1, 0.15) is 18.2 Å². The summed E-state index contributed by atoms with van der Waals surface area (Å²) in [5.74, 6) is 1.47. The van der Waals surface area contributed by atoms with Crippen molar-refractivity contribution in [2.24, 2.45) is 0 Å². The van der Waals surface area contributed by atoms with Crippen molar-refractivity contribution in [1.82, 2.24) is 14.9 Å². The molecular formula is C27H28ClN3O2. The number of nitrogens with zero attached hydrogens (tertiary/aromatic N) is 2. The van der Waals surface area contributed by atoms with Crippen LogP contribution >= 0.6 is 11.6 Å². The Morgan fingerprint density at radius 2 is 1.73 bits per heavy atom. The van der Waals surface area contributed by atoms with E-state index in [2.05, 4.69) is 9.88 Å². The number of imidazole rings is 1. The molecule has 1 unspecified atom stereocenters. The number of aromatic nitrogens is 2. The van der Waals surface area contributed by atoms with Gasteiger partial charge in [0.2, 0.25) is 0 Å². The first-order valence-electron chi connectivity index (χ1n) is 11.1. The van der Waals surface area contributed by atoms with Crippen LogP contribution in [0.2, 0.25) is 5.02 Å². The molecule has 0 bridgehead atoms. The number of ether oxygens (including phenoxy) is 1. The number of hydrogen-bond acceptors (Lipinski definition) is 3. The number of para-hydroxylation sites is 2. The number of aryl methyl sites for hydroxylation is 3. The second-order valence-corrected chi connectivity index (χ2v) is 8.77. The maximum absolute atomic E-state index is 12.8. The van der Waals surface area contributed by atoms with E-state index in [-0.39, 0.29) is 11.9 Å². The zero-order valence-electron chi connectivity index (χ0n) is 19.4. The summed E-state index contributed by atoms with van der Waals surface area (Å²) in [6, 6.07) is 19.2. The third-order valence-electron chi connectivity index (χ3n) is 5.73. The lowest BCUT2D eigenvalue weighted by molar-refractivity contribution is 0.0937. The maximum atomic E-state index is 12.8. The van der Waals surface area contributed by atoms with Crippen molar-refractivity contribution in [1.29, 1.82) is 0 Å². The number of fused-ring (bicyclic) bond motifs is 1. The van der Waals surface area contributed by atoms with Gasteiger partial charge in [0.25, 0.3) is 5.91 Å². The molecule has 0 saturated heterocycles. The first-order valence-corrected chi connectivity index (χ1v) is 11.4. The van der Waals surface area contributed by atoms with E-state index in [0.29, 0.717) is 18.7 Å². The van der Waals surface area contributed by atoms with Crippen LogP contribution in [0.4, 0.5) is 0 Å². The first-order chi connectivity index (χ1) is 15.8. The van der Waals surface area contributed by atoms with Crippen molar-refractivity contribution in [3.8, 4) is 5.75 Å². The lowest BCUT2D eigenvalue weighted by atomic mass is 10.1. The van der Waals surface area contributed by atoms with Gasteiger partial charge in [-0.05, 0) is 75.2 Å². The highest BCUT2D eigenvalue weighted by Crippen LogP contribution is 2.26. The molecule has 1 aromatic heterocycles. The lowest BCUT2D eigenvalue weighted by Gasteiger charge is -2.17. The maximum Gasteiger partial charge on any atom is 0.251 e. The van der Waals surface area contributed by atoms with Gasteiger partial charge in [0, 0.05) is 10.6 Å². The number of benzene rings is 3. The molecule has 0 aliphatic carbocycles. The van der Waals surface area contributed by atoms with Crippen LogP contribution in [0.1, 0.15) is 45.8 Å². The Bertz CT molecular complexity index is 1270.